The van der Waals surface area contributed by atoms with Crippen molar-refractivity contribution in [2.75, 3.05) is 33.9 Å². The zero-order chi connectivity index (χ0) is 23.5. The molecule has 1 fully saturated rings. The van der Waals surface area contributed by atoms with Crippen molar-refractivity contribution in [3.05, 3.63) is 65.2 Å². The summed E-state index contributed by atoms with van der Waals surface area (Å²) in [7, 11) is 3.36. The van der Waals surface area contributed by atoms with Gasteiger partial charge in [0.15, 0.2) is 0 Å². The molecule has 0 N–H and O–H groups in total. The third kappa shape index (κ3) is 4.32. The molecule has 0 saturated carbocycles. The lowest BCUT2D eigenvalue weighted by molar-refractivity contribution is -0.151. The highest BCUT2D eigenvalue weighted by molar-refractivity contribution is 6.01. The molecule has 7 heteroatoms. The minimum atomic E-state index is -0.531. The first-order valence-electron chi connectivity index (χ1n) is 11.4. The predicted molar refractivity (Wildman–Crippen MR) is 123 cm³/mol. The van der Waals surface area contributed by atoms with Gasteiger partial charge in [0.2, 0.25) is 5.91 Å². The van der Waals surface area contributed by atoms with E-state index in [0.717, 1.165) is 11.1 Å². The second-order valence-electron chi connectivity index (χ2n) is 8.55. The first-order chi connectivity index (χ1) is 16.0. The molecule has 0 unspecified atom stereocenters. The number of nitrogens with zero attached hydrogens (tertiary/aromatic N) is 2. The third-order valence-corrected chi connectivity index (χ3v) is 6.73. The molecular weight excluding hydrogens is 420 g/mol. The first kappa shape index (κ1) is 22.8. The maximum Gasteiger partial charge on any atom is 0.309 e. The van der Waals surface area contributed by atoms with Crippen molar-refractivity contribution in [3.8, 4) is 5.75 Å². The van der Waals surface area contributed by atoms with Crippen LogP contribution < -0.4 is 4.74 Å². The molecule has 0 aliphatic carbocycles. The highest BCUT2D eigenvalue weighted by Gasteiger charge is 2.44. The number of piperidine rings is 1. The average molecular weight is 451 g/mol. The Balaban J connectivity index is 1.66. The zero-order valence-corrected chi connectivity index (χ0v) is 19.3. The van der Waals surface area contributed by atoms with Gasteiger partial charge in [-0.15, -0.1) is 0 Å². The smallest absolute Gasteiger partial charge is 0.309 e. The minimum absolute atomic E-state index is 0.0232. The Labute approximate surface area is 194 Å². The molecule has 174 valence electrons. The van der Waals surface area contributed by atoms with Crippen LogP contribution >= 0.6 is 0 Å². The Bertz CT molecular complexity index is 1030. The van der Waals surface area contributed by atoms with Gasteiger partial charge in [0.1, 0.15) is 5.75 Å². The Kier molecular flexibility index (Phi) is 6.67. The molecule has 7 nitrogen and oxygen atoms in total. The minimum Gasteiger partial charge on any atom is -0.497 e. The van der Waals surface area contributed by atoms with Crippen molar-refractivity contribution in [2.45, 2.75) is 31.7 Å². The number of hydrogen-bond donors (Lipinski definition) is 0. The van der Waals surface area contributed by atoms with E-state index < -0.39 is 12.0 Å². The van der Waals surface area contributed by atoms with Gasteiger partial charge < -0.3 is 19.3 Å². The second kappa shape index (κ2) is 9.65. The summed E-state index contributed by atoms with van der Waals surface area (Å²) in [6, 6.07) is 14.4. The molecule has 0 aromatic heterocycles. The predicted octanol–water partition coefficient (Wildman–Crippen LogP) is 3.41. The van der Waals surface area contributed by atoms with Crippen molar-refractivity contribution in [2.24, 2.45) is 5.92 Å². The van der Waals surface area contributed by atoms with Gasteiger partial charge in [-0.2, -0.15) is 0 Å². The van der Waals surface area contributed by atoms with Gasteiger partial charge in [-0.3, -0.25) is 14.4 Å². The number of carbonyl (C=O) groups is 3. The van der Waals surface area contributed by atoms with E-state index in [1.54, 1.807) is 32.0 Å². The van der Waals surface area contributed by atoms with E-state index in [9.17, 15) is 14.4 Å². The molecule has 2 aliphatic heterocycles. The van der Waals surface area contributed by atoms with E-state index in [2.05, 4.69) is 0 Å². The number of methoxy groups -OCH3 is 1. The van der Waals surface area contributed by atoms with Gasteiger partial charge in [0.25, 0.3) is 5.91 Å². The van der Waals surface area contributed by atoms with Gasteiger partial charge in [-0.05, 0) is 49.1 Å². The zero-order valence-electron chi connectivity index (χ0n) is 19.3. The monoisotopic (exact) mass is 450 g/mol. The fraction of sp³-hybridized carbons (Fsp3) is 0.423. The Morgan fingerprint density at radius 2 is 1.70 bits per heavy atom. The fourth-order valence-electron chi connectivity index (χ4n) is 4.95. The van der Waals surface area contributed by atoms with Crippen LogP contribution in [0.4, 0.5) is 0 Å². The van der Waals surface area contributed by atoms with Crippen molar-refractivity contribution < 1.29 is 23.9 Å². The molecule has 2 aromatic carbocycles. The molecule has 2 amide bonds. The Morgan fingerprint density at radius 1 is 1.03 bits per heavy atom. The van der Waals surface area contributed by atoms with E-state index >= 15 is 0 Å². The van der Waals surface area contributed by atoms with Crippen LogP contribution in [0.1, 0.15) is 53.2 Å². The summed E-state index contributed by atoms with van der Waals surface area (Å²) in [6.07, 6.45) is 1.17. The van der Waals surface area contributed by atoms with Crippen LogP contribution in [-0.2, 0) is 14.3 Å². The second-order valence-corrected chi connectivity index (χ2v) is 8.55. The Hall–Kier alpha value is -3.35. The van der Waals surface area contributed by atoms with Gasteiger partial charge >= 0.3 is 5.97 Å². The van der Waals surface area contributed by atoms with E-state index in [-0.39, 0.29) is 23.7 Å². The van der Waals surface area contributed by atoms with E-state index in [4.69, 9.17) is 9.47 Å². The number of amides is 2. The summed E-state index contributed by atoms with van der Waals surface area (Å²) < 4.78 is 10.4. The van der Waals surface area contributed by atoms with Crippen molar-refractivity contribution >= 4 is 17.8 Å². The number of carbonyl (C=O) groups excluding carboxylic acids is 3. The van der Waals surface area contributed by atoms with Gasteiger partial charge in [0.05, 0.1) is 31.6 Å². The van der Waals surface area contributed by atoms with Gasteiger partial charge in [-0.25, -0.2) is 0 Å². The third-order valence-electron chi connectivity index (χ3n) is 6.73. The molecule has 1 saturated heterocycles. The number of rotatable bonds is 5. The summed E-state index contributed by atoms with van der Waals surface area (Å²) in [5.74, 6) is -0.297. The SMILES string of the molecule is CCOC(=O)C1CCN(C(=O)[C@@H]2c3ccccc3C(=O)N(C)[C@H]2c2ccc(OC)cc2)CC1. The van der Waals surface area contributed by atoms with Crippen LogP contribution in [0.2, 0.25) is 0 Å². The fourth-order valence-corrected chi connectivity index (χ4v) is 4.95. The largest absolute Gasteiger partial charge is 0.497 e. The first-order valence-corrected chi connectivity index (χ1v) is 11.4. The lowest BCUT2D eigenvalue weighted by Crippen LogP contribution is -2.49. The summed E-state index contributed by atoms with van der Waals surface area (Å²) in [4.78, 5) is 42.7. The number of likely N-dealkylation sites (N-methyl/N-ethyl adjacent to an activating group) is 1. The summed E-state index contributed by atoms with van der Waals surface area (Å²) in [6.45, 7) is 3.15. The topological polar surface area (TPSA) is 76.2 Å². The number of benzene rings is 2. The molecule has 4 rings (SSSR count). The standard InChI is InChI=1S/C26H30N2O5/c1-4-33-26(31)18-13-15-28(16-14-18)25(30)22-20-7-5-6-8-21(20)24(29)27(2)23(22)17-9-11-19(32-3)12-10-17/h5-12,18,22-23H,4,13-16H2,1-3H3/t22-,23+/m1/s1. The highest BCUT2D eigenvalue weighted by Crippen LogP contribution is 2.43. The molecule has 2 atom stereocenters. The van der Waals surface area contributed by atoms with Gasteiger partial charge in [0, 0.05) is 25.7 Å². The van der Waals surface area contributed by atoms with Crippen molar-refractivity contribution in [3.63, 3.8) is 0 Å². The molecule has 0 radical (unpaired) electrons. The molecule has 0 bridgehead atoms. The van der Waals surface area contributed by atoms with Crippen LogP contribution in [0.25, 0.3) is 0 Å². The highest BCUT2D eigenvalue weighted by atomic mass is 16.5. The quantitative estimate of drug-likeness (QED) is 0.653. The molecular formula is C26H30N2O5. The van der Waals surface area contributed by atoms with Crippen LogP contribution in [-0.4, -0.2) is 61.4 Å². The molecule has 2 aromatic rings. The van der Waals surface area contributed by atoms with Crippen LogP contribution in [0.3, 0.4) is 0 Å². The number of fused-ring (bicyclic) bond motifs is 1. The summed E-state index contributed by atoms with van der Waals surface area (Å²) in [5, 5.41) is 0. The molecule has 0 spiro atoms. The maximum atomic E-state index is 13.9. The molecule has 2 aliphatic rings. The maximum absolute atomic E-state index is 13.9. The number of esters is 1. The van der Waals surface area contributed by atoms with E-state index in [0.29, 0.717) is 43.9 Å². The summed E-state index contributed by atoms with van der Waals surface area (Å²) >= 11 is 0. The van der Waals surface area contributed by atoms with Crippen LogP contribution in [0.5, 0.6) is 5.75 Å². The van der Waals surface area contributed by atoms with E-state index in [1.165, 1.54) is 0 Å². The van der Waals surface area contributed by atoms with Crippen LogP contribution in [0.15, 0.2) is 48.5 Å². The Morgan fingerprint density at radius 3 is 2.33 bits per heavy atom. The lowest BCUT2D eigenvalue weighted by atomic mass is 9.78. The number of likely N-dealkylation sites (tertiary alicyclic amines) is 1. The normalized spacial score (nSPS) is 20.9. The molecule has 33 heavy (non-hydrogen) atoms. The van der Waals surface area contributed by atoms with Gasteiger partial charge in [-0.1, -0.05) is 30.3 Å². The summed E-state index contributed by atoms with van der Waals surface area (Å²) in [5.41, 5.74) is 2.18. The number of hydrogen-bond acceptors (Lipinski definition) is 5. The van der Waals surface area contributed by atoms with Crippen LogP contribution in [0, 0.1) is 5.92 Å². The number of ether oxygens (including phenoxy) is 2. The van der Waals surface area contributed by atoms with E-state index in [1.807, 2.05) is 47.4 Å². The molecule has 2 heterocycles. The average Bonchev–Trinajstić information content (AvgIpc) is 2.86. The van der Waals surface area contributed by atoms with Crippen molar-refractivity contribution in [1.82, 2.24) is 9.80 Å². The van der Waals surface area contributed by atoms with Crippen molar-refractivity contribution in [1.29, 1.82) is 0 Å². The lowest BCUT2D eigenvalue weighted by Gasteiger charge is -2.42.